The van der Waals surface area contributed by atoms with E-state index in [1.807, 2.05) is 30.0 Å². The second-order valence-corrected chi connectivity index (χ2v) is 9.49. The van der Waals surface area contributed by atoms with Crippen molar-refractivity contribution >= 4 is 27.9 Å². The first kappa shape index (κ1) is 27.9. The summed E-state index contributed by atoms with van der Waals surface area (Å²) in [5.41, 5.74) is 2.28. The van der Waals surface area contributed by atoms with Gasteiger partial charge in [0, 0.05) is 63.3 Å². The topological polar surface area (TPSA) is 58.0 Å². The maximum atomic E-state index is 13.4. The van der Waals surface area contributed by atoms with E-state index in [9.17, 15) is 9.59 Å². The summed E-state index contributed by atoms with van der Waals surface area (Å²) in [5, 5.41) is 0. The van der Waals surface area contributed by atoms with Crippen LogP contribution in [-0.4, -0.2) is 78.1 Å². The van der Waals surface area contributed by atoms with Crippen molar-refractivity contribution in [2.45, 2.75) is 46.2 Å². The number of halogens is 1. The Bertz CT molecular complexity index is 882. The molecule has 0 fully saturated rings. The van der Waals surface area contributed by atoms with Crippen LogP contribution in [0.2, 0.25) is 0 Å². The Kier molecular flexibility index (Phi) is 12.2. The Labute approximate surface area is 212 Å². The van der Waals surface area contributed by atoms with Crippen molar-refractivity contribution < 1.29 is 14.3 Å². The van der Waals surface area contributed by atoms with Crippen molar-refractivity contribution in [2.24, 2.45) is 0 Å². The third kappa shape index (κ3) is 9.14. The lowest BCUT2D eigenvalue weighted by atomic mass is 10.2. The summed E-state index contributed by atoms with van der Waals surface area (Å²) in [4.78, 5) is 31.1. The fourth-order valence-electron chi connectivity index (χ4n) is 3.66. The molecule has 3 amide bonds. The quantitative estimate of drug-likeness (QED) is 0.326. The van der Waals surface area contributed by atoms with E-state index in [2.05, 4.69) is 51.8 Å². The second kappa shape index (κ2) is 14.8. The number of urea groups is 1. The van der Waals surface area contributed by atoms with Crippen molar-refractivity contribution in [3.8, 4) is 0 Å². The Hall–Kier alpha value is -2.32. The number of hydrogen-bond acceptors (Lipinski definition) is 3. The number of amides is 3. The molecule has 1 aromatic carbocycles. The average molecular weight is 536 g/mol. The summed E-state index contributed by atoms with van der Waals surface area (Å²) in [6.07, 6.45) is 4.67. The number of aromatic nitrogens is 1. The van der Waals surface area contributed by atoms with E-state index >= 15 is 0 Å². The van der Waals surface area contributed by atoms with Gasteiger partial charge >= 0.3 is 6.03 Å². The Morgan fingerprint density at radius 1 is 1.00 bits per heavy atom. The third-order valence-electron chi connectivity index (χ3n) is 5.58. The van der Waals surface area contributed by atoms with Gasteiger partial charge in [0.25, 0.3) is 0 Å². The summed E-state index contributed by atoms with van der Waals surface area (Å²) < 4.78 is 8.65. The van der Waals surface area contributed by atoms with E-state index in [4.69, 9.17) is 4.74 Å². The highest BCUT2D eigenvalue weighted by atomic mass is 79.9. The molecule has 0 spiro atoms. The van der Waals surface area contributed by atoms with Gasteiger partial charge in [0.05, 0.1) is 6.54 Å². The lowest BCUT2D eigenvalue weighted by molar-refractivity contribution is -0.132. The number of ether oxygens (including phenoxy) is 1. The van der Waals surface area contributed by atoms with E-state index in [0.717, 1.165) is 29.6 Å². The molecule has 0 N–H and O–H groups in total. The van der Waals surface area contributed by atoms with E-state index in [1.165, 1.54) is 10.5 Å². The predicted octanol–water partition coefficient (Wildman–Crippen LogP) is 4.84. The SMILES string of the molecule is CCCCN(Cc1cccn1Cc1ccc(Br)cc1)C(=O)CN(CCCOCC)C(=O)N(C)C. The first-order valence-electron chi connectivity index (χ1n) is 12.1. The molecule has 0 saturated heterocycles. The van der Waals surface area contributed by atoms with Gasteiger partial charge in [-0.2, -0.15) is 0 Å². The molecule has 0 atom stereocenters. The normalized spacial score (nSPS) is 10.9. The lowest BCUT2D eigenvalue weighted by Gasteiger charge is -2.29. The molecule has 34 heavy (non-hydrogen) atoms. The van der Waals surface area contributed by atoms with E-state index < -0.39 is 0 Å². The monoisotopic (exact) mass is 534 g/mol. The van der Waals surface area contributed by atoms with Crippen LogP contribution in [0.4, 0.5) is 4.79 Å². The Morgan fingerprint density at radius 2 is 1.71 bits per heavy atom. The fourth-order valence-corrected chi connectivity index (χ4v) is 3.92. The summed E-state index contributed by atoms with van der Waals surface area (Å²) in [5.74, 6) is -0.0311. The number of rotatable bonds is 14. The Balaban J connectivity index is 2.11. The number of unbranched alkanes of at least 4 members (excludes halogenated alkanes) is 1. The molecule has 1 heterocycles. The van der Waals surface area contributed by atoms with Gasteiger partial charge in [-0.05, 0) is 49.6 Å². The zero-order valence-electron chi connectivity index (χ0n) is 21.0. The minimum Gasteiger partial charge on any atom is -0.382 e. The van der Waals surface area contributed by atoms with Gasteiger partial charge in [0.1, 0.15) is 6.54 Å². The van der Waals surface area contributed by atoms with Gasteiger partial charge < -0.3 is 24.0 Å². The average Bonchev–Trinajstić information content (AvgIpc) is 3.25. The molecule has 8 heteroatoms. The van der Waals surface area contributed by atoms with Crippen LogP contribution in [0.15, 0.2) is 47.1 Å². The molecule has 2 rings (SSSR count). The molecular formula is C26H39BrN4O3. The molecule has 0 aliphatic carbocycles. The van der Waals surface area contributed by atoms with Crippen LogP contribution in [0.1, 0.15) is 44.4 Å². The van der Waals surface area contributed by atoms with Crippen LogP contribution in [-0.2, 0) is 22.6 Å². The van der Waals surface area contributed by atoms with Crippen molar-refractivity contribution in [1.29, 1.82) is 0 Å². The minimum absolute atomic E-state index is 0.0311. The van der Waals surface area contributed by atoms with Crippen LogP contribution >= 0.6 is 15.9 Å². The van der Waals surface area contributed by atoms with E-state index in [0.29, 0.717) is 39.3 Å². The van der Waals surface area contributed by atoms with Crippen molar-refractivity contribution in [1.82, 2.24) is 19.3 Å². The maximum Gasteiger partial charge on any atom is 0.319 e. The molecular weight excluding hydrogens is 496 g/mol. The molecule has 0 bridgehead atoms. The molecule has 0 unspecified atom stereocenters. The first-order chi connectivity index (χ1) is 16.3. The highest BCUT2D eigenvalue weighted by molar-refractivity contribution is 9.10. The Morgan fingerprint density at radius 3 is 2.35 bits per heavy atom. The van der Waals surface area contributed by atoms with Gasteiger partial charge in [0.2, 0.25) is 5.91 Å². The molecule has 7 nitrogen and oxygen atoms in total. The standard InChI is InChI=1S/C26H39BrN4O3/c1-5-7-15-30(25(32)21-31(26(33)28(3)4)17-9-18-34-6-2)20-24-10-8-16-29(24)19-22-11-13-23(27)14-12-22/h8,10-14,16H,5-7,9,15,17-21H2,1-4H3. The largest absolute Gasteiger partial charge is 0.382 e. The maximum absolute atomic E-state index is 13.4. The van der Waals surface area contributed by atoms with Crippen molar-refractivity contribution in [3.63, 3.8) is 0 Å². The molecule has 1 aromatic heterocycles. The van der Waals surface area contributed by atoms with E-state index in [1.54, 1.807) is 19.0 Å². The summed E-state index contributed by atoms with van der Waals surface area (Å²) in [6, 6.07) is 12.2. The van der Waals surface area contributed by atoms with Gasteiger partial charge in [0.15, 0.2) is 0 Å². The van der Waals surface area contributed by atoms with Crippen LogP contribution in [0.25, 0.3) is 0 Å². The van der Waals surface area contributed by atoms with Gasteiger partial charge in [-0.25, -0.2) is 4.79 Å². The third-order valence-corrected chi connectivity index (χ3v) is 6.11. The zero-order valence-corrected chi connectivity index (χ0v) is 22.6. The molecule has 0 radical (unpaired) electrons. The zero-order chi connectivity index (χ0) is 24.9. The van der Waals surface area contributed by atoms with Gasteiger partial charge in [-0.1, -0.05) is 41.4 Å². The first-order valence-corrected chi connectivity index (χ1v) is 12.8. The van der Waals surface area contributed by atoms with Crippen LogP contribution in [0.3, 0.4) is 0 Å². The molecule has 0 aliphatic rings. The summed E-state index contributed by atoms with van der Waals surface area (Å²) in [6.45, 7) is 7.78. The summed E-state index contributed by atoms with van der Waals surface area (Å²) >= 11 is 3.48. The molecule has 0 aliphatic heterocycles. The number of carbonyl (C=O) groups excluding carboxylic acids is 2. The number of nitrogens with zero attached hydrogens (tertiary/aromatic N) is 4. The lowest BCUT2D eigenvalue weighted by Crippen LogP contribution is -2.47. The second-order valence-electron chi connectivity index (χ2n) is 8.57. The molecule has 188 valence electrons. The number of hydrogen-bond donors (Lipinski definition) is 0. The van der Waals surface area contributed by atoms with E-state index in [-0.39, 0.29) is 18.5 Å². The fraction of sp³-hybridized carbons (Fsp3) is 0.538. The summed E-state index contributed by atoms with van der Waals surface area (Å²) in [7, 11) is 3.43. The van der Waals surface area contributed by atoms with Gasteiger partial charge in [-0.3, -0.25) is 4.79 Å². The molecule has 2 aromatic rings. The number of benzene rings is 1. The predicted molar refractivity (Wildman–Crippen MR) is 140 cm³/mol. The van der Waals surface area contributed by atoms with Gasteiger partial charge in [-0.15, -0.1) is 0 Å². The van der Waals surface area contributed by atoms with Crippen LogP contribution in [0.5, 0.6) is 0 Å². The molecule has 0 saturated carbocycles. The smallest absolute Gasteiger partial charge is 0.319 e. The van der Waals surface area contributed by atoms with Crippen molar-refractivity contribution in [3.05, 3.63) is 58.3 Å². The minimum atomic E-state index is -0.154. The highest BCUT2D eigenvalue weighted by Gasteiger charge is 2.23. The highest BCUT2D eigenvalue weighted by Crippen LogP contribution is 2.15. The van der Waals surface area contributed by atoms with Crippen molar-refractivity contribution in [2.75, 3.05) is 46.9 Å². The van der Waals surface area contributed by atoms with Crippen LogP contribution < -0.4 is 0 Å². The van der Waals surface area contributed by atoms with Crippen LogP contribution in [0, 0.1) is 0 Å². The number of carbonyl (C=O) groups is 2.